The molecule has 0 radical (unpaired) electrons. The molecule has 21 heavy (non-hydrogen) atoms. The fourth-order valence-corrected chi connectivity index (χ4v) is 2.99. The summed E-state index contributed by atoms with van der Waals surface area (Å²) < 4.78 is 0. The van der Waals surface area contributed by atoms with E-state index >= 15 is 0 Å². The zero-order valence-corrected chi connectivity index (χ0v) is 14.1. The molecular weight excluding hydrogens is 280 g/mol. The predicted octanol–water partition coefficient (Wildman–Crippen LogP) is 4.02. The van der Waals surface area contributed by atoms with Crippen molar-refractivity contribution in [2.75, 3.05) is 7.05 Å². The quantitative estimate of drug-likeness (QED) is 0.858. The first-order chi connectivity index (χ1) is 9.79. The molecule has 4 heteroatoms. The van der Waals surface area contributed by atoms with Crippen molar-refractivity contribution in [3.8, 4) is 0 Å². The topological polar surface area (TPSA) is 33.2 Å². The number of aryl methyl sites for hydroxylation is 1. The van der Waals surface area contributed by atoms with Crippen LogP contribution in [-0.2, 0) is 12.0 Å². The zero-order valence-electron chi connectivity index (χ0n) is 13.3. The average molecular weight is 302 g/mol. The maximum atomic E-state index is 12.5. The molecule has 0 aliphatic heterocycles. The summed E-state index contributed by atoms with van der Waals surface area (Å²) >= 11 is 1.49. The molecule has 0 bridgehead atoms. The molecule has 0 fully saturated rings. The highest BCUT2D eigenvalue weighted by Crippen LogP contribution is 2.27. The molecular formula is C17H22N2OS. The number of nitrogens with zero attached hydrogens (tertiary/aromatic N) is 2. The van der Waals surface area contributed by atoms with Crippen LogP contribution in [0.3, 0.4) is 0 Å². The number of aromatic nitrogens is 1. The van der Waals surface area contributed by atoms with Crippen LogP contribution < -0.4 is 0 Å². The number of benzene rings is 1. The summed E-state index contributed by atoms with van der Waals surface area (Å²) in [5.41, 5.74) is 2.36. The van der Waals surface area contributed by atoms with E-state index in [1.165, 1.54) is 22.5 Å². The van der Waals surface area contributed by atoms with Crippen molar-refractivity contribution in [2.45, 2.75) is 39.7 Å². The Labute approximate surface area is 130 Å². The monoisotopic (exact) mass is 302 g/mol. The highest BCUT2D eigenvalue weighted by atomic mass is 32.1. The lowest BCUT2D eigenvalue weighted by atomic mass is 9.98. The van der Waals surface area contributed by atoms with E-state index in [1.54, 1.807) is 11.1 Å². The second-order valence-electron chi connectivity index (χ2n) is 6.37. The summed E-state index contributed by atoms with van der Waals surface area (Å²) in [6, 6.07) is 8.15. The van der Waals surface area contributed by atoms with E-state index in [1.807, 2.05) is 19.2 Å². The number of thiazole rings is 1. The maximum absolute atomic E-state index is 12.5. The molecule has 0 atom stereocenters. The summed E-state index contributed by atoms with van der Waals surface area (Å²) in [7, 11) is 1.84. The smallest absolute Gasteiger partial charge is 0.265 e. The Bertz CT molecular complexity index is 640. The summed E-state index contributed by atoms with van der Waals surface area (Å²) in [6.07, 6.45) is 1.70. The van der Waals surface area contributed by atoms with Crippen molar-refractivity contribution in [2.24, 2.45) is 0 Å². The first-order valence-corrected chi connectivity index (χ1v) is 7.87. The Balaban J connectivity index is 2.13. The SMILES string of the molecule is Cc1ccccc1CN(C)C(=O)c1cnc(C(C)(C)C)s1. The van der Waals surface area contributed by atoms with Gasteiger partial charge < -0.3 is 4.90 Å². The minimum atomic E-state index is -0.0161. The number of rotatable bonds is 3. The molecule has 0 aliphatic carbocycles. The van der Waals surface area contributed by atoms with E-state index in [9.17, 15) is 4.79 Å². The standard InChI is InChI=1S/C17H22N2OS/c1-12-8-6-7-9-13(12)11-19(5)15(20)14-10-18-16(21-14)17(2,3)4/h6-10H,11H2,1-5H3. The van der Waals surface area contributed by atoms with E-state index in [2.05, 4.69) is 44.8 Å². The third-order valence-electron chi connectivity index (χ3n) is 3.37. The fourth-order valence-electron chi connectivity index (χ4n) is 2.02. The van der Waals surface area contributed by atoms with Crippen LogP contribution in [0.4, 0.5) is 0 Å². The minimum Gasteiger partial charge on any atom is -0.337 e. The third kappa shape index (κ3) is 3.70. The number of amides is 1. The Kier molecular flexibility index (Phi) is 4.47. The van der Waals surface area contributed by atoms with E-state index in [-0.39, 0.29) is 11.3 Å². The van der Waals surface area contributed by atoms with Crippen LogP contribution in [0, 0.1) is 6.92 Å². The van der Waals surface area contributed by atoms with Crippen LogP contribution in [0.2, 0.25) is 0 Å². The molecule has 0 N–H and O–H groups in total. The van der Waals surface area contributed by atoms with Gasteiger partial charge in [-0.2, -0.15) is 0 Å². The lowest BCUT2D eigenvalue weighted by molar-refractivity contribution is 0.0789. The number of carbonyl (C=O) groups is 1. The van der Waals surface area contributed by atoms with Gasteiger partial charge in [-0.05, 0) is 18.1 Å². The first kappa shape index (κ1) is 15.7. The van der Waals surface area contributed by atoms with Crippen LogP contribution in [0.15, 0.2) is 30.5 Å². The largest absolute Gasteiger partial charge is 0.337 e. The molecule has 2 aromatic rings. The molecule has 112 valence electrons. The van der Waals surface area contributed by atoms with Gasteiger partial charge in [0.1, 0.15) is 4.88 Å². The molecule has 1 heterocycles. The fraction of sp³-hybridized carbons (Fsp3) is 0.412. The van der Waals surface area contributed by atoms with Gasteiger partial charge in [0.05, 0.1) is 11.2 Å². The number of carbonyl (C=O) groups excluding carboxylic acids is 1. The van der Waals surface area contributed by atoms with Gasteiger partial charge in [0.15, 0.2) is 0 Å². The molecule has 0 saturated carbocycles. The molecule has 3 nitrogen and oxygen atoms in total. The van der Waals surface area contributed by atoms with Crippen LogP contribution in [0.5, 0.6) is 0 Å². The Hall–Kier alpha value is -1.68. The second kappa shape index (κ2) is 5.98. The first-order valence-electron chi connectivity index (χ1n) is 7.05. The summed E-state index contributed by atoms with van der Waals surface area (Å²) in [4.78, 5) is 19.3. The molecule has 2 rings (SSSR count). The lowest BCUT2D eigenvalue weighted by Gasteiger charge is -2.17. The highest BCUT2D eigenvalue weighted by molar-refractivity contribution is 7.13. The Morgan fingerprint density at radius 1 is 1.29 bits per heavy atom. The molecule has 0 unspecified atom stereocenters. The second-order valence-corrected chi connectivity index (χ2v) is 7.40. The summed E-state index contributed by atoms with van der Waals surface area (Å²) in [5, 5.41) is 0.996. The van der Waals surface area contributed by atoms with E-state index in [0.717, 1.165) is 5.01 Å². The van der Waals surface area contributed by atoms with Crippen LogP contribution in [-0.4, -0.2) is 22.8 Å². The van der Waals surface area contributed by atoms with Crippen molar-refractivity contribution in [3.05, 3.63) is 51.5 Å². The van der Waals surface area contributed by atoms with Gasteiger partial charge in [0.25, 0.3) is 5.91 Å². The van der Waals surface area contributed by atoms with Crippen LogP contribution >= 0.6 is 11.3 Å². The van der Waals surface area contributed by atoms with Crippen LogP contribution in [0.25, 0.3) is 0 Å². The van der Waals surface area contributed by atoms with Crippen molar-refractivity contribution in [3.63, 3.8) is 0 Å². The zero-order chi connectivity index (χ0) is 15.6. The van der Waals surface area contributed by atoms with Crippen molar-refractivity contribution in [1.29, 1.82) is 0 Å². The molecule has 0 saturated heterocycles. The molecule has 1 aromatic carbocycles. The molecule has 1 aromatic heterocycles. The predicted molar refractivity (Wildman–Crippen MR) is 87.8 cm³/mol. The van der Waals surface area contributed by atoms with Gasteiger partial charge in [-0.3, -0.25) is 4.79 Å². The van der Waals surface area contributed by atoms with Gasteiger partial charge >= 0.3 is 0 Å². The van der Waals surface area contributed by atoms with Gasteiger partial charge in [0, 0.05) is 19.0 Å². The minimum absolute atomic E-state index is 0.0161. The maximum Gasteiger partial charge on any atom is 0.265 e. The lowest BCUT2D eigenvalue weighted by Crippen LogP contribution is -2.25. The third-order valence-corrected chi connectivity index (χ3v) is 4.78. The summed E-state index contributed by atoms with van der Waals surface area (Å²) in [6.45, 7) is 9.01. The van der Waals surface area contributed by atoms with Gasteiger partial charge in [-0.15, -0.1) is 11.3 Å². The van der Waals surface area contributed by atoms with Gasteiger partial charge in [-0.1, -0.05) is 45.0 Å². The molecule has 0 spiro atoms. The van der Waals surface area contributed by atoms with E-state index < -0.39 is 0 Å². The van der Waals surface area contributed by atoms with Gasteiger partial charge in [-0.25, -0.2) is 4.98 Å². The van der Waals surface area contributed by atoms with Crippen molar-refractivity contribution < 1.29 is 4.79 Å². The van der Waals surface area contributed by atoms with Crippen molar-refractivity contribution in [1.82, 2.24) is 9.88 Å². The van der Waals surface area contributed by atoms with E-state index in [4.69, 9.17) is 0 Å². The van der Waals surface area contributed by atoms with Gasteiger partial charge in [0.2, 0.25) is 0 Å². The molecule has 0 aliphatic rings. The Morgan fingerprint density at radius 3 is 2.52 bits per heavy atom. The average Bonchev–Trinajstić information content (AvgIpc) is 2.90. The molecule has 1 amide bonds. The van der Waals surface area contributed by atoms with Crippen molar-refractivity contribution >= 4 is 17.2 Å². The normalized spacial score (nSPS) is 11.5. The number of hydrogen-bond acceptors (Lipinski definition) is 3. The van der Waals surface area contributed by atoms with Crippen LogP contribution in [0.1, 0.15) is 46.6 Å². The Morgan fingerprint density at radius 2 is 1.95 bits per heavy atom. The van der Waals surface area contributed by atoms with E-state index in [0.29, 0.717) is 11.4 Å². The summed E-state index contributed by atoms with van der Waals surface area (Å²) in [5.74, 6) is 0.0336. The number of hydrogen-bond donors (Lipinski definition) is 0. The highest BCUT2D eigenvalue weighted by Gasteiger charge is 2.22.